The van der Waals surface area contributed by atoms with E-state index in [-0.39, 0.29) is 12.1 Å². The molecule has 0 bridgehead atoms. The van der Waals surface area contributed by atoms with Crippen molar-refractivity contribution in [3.63, 3.8) is 0 Å². The summed E-state index contributed by atoms with van der Waals surface area (Å²) in [7, 11) is 0. The van der Waals surface area contributed by atoms with Gasteiger partial charge >= 0.3 is 6.09 Å². The average molecular weight is 501 g/mol. The molecule has 1 amide bonds. The molecule has 0 aromatic carbocycles. The van der Waals surface area contributed by atoms with E-state index in [1.165, 1.54) is 0 Å². The number of carbonyl (C=O) groups excluding carboxylic acids is 1. The van der Waals surface area contributed by atoms with Crippen molar-refractivity contribution >= 4 is 22.8 Å². The third-order valence-electron chi connectivity index (χ3n) is 6.16. The number of rotatable bonds is 5. The molecule has 37 heavy (non-hydrogen) atoms. The van der Waals surface area contributed by atoms with Gasteiger partial charge in [0.25, 0.3) is 0 Å². The summed E-state index contributed by atoms with van der Waals surface area (Å²) in [6.07, 6.45) is 9.36. The van der Waals surface area contributed by atoms with Crippen molar-refractivity contribution < 1.29 is 9.53 Å². The van der Waals surface area contributed by atoms with E-state index < -0.39 is 5.60 Å². The third-order valence-corrected chi connectivity index (χ3v) is 6.16. The molecule has 0 spiro atoms. The molecule has 1 aliphatic rings. The normalized spacial score (nSPS) is 16.1. The second-order valence-corrected chi connectivity index (χ2v) is 10.2. The molecule has 10 nitrogen and oxygen atoms in total. The number of fused-ring (bicyclic) bond motifs is 1. The molecule has 10 heteroatoms. The van der Waals surface area contributed by atoms with Crippen molar-refractivity contribution in [2.75, 3.05) is 18.0 Å². The van der Waals surface area contributed by atoms with E-state index in [0.717, 1.165) is 59.6 Å². The van der Waals surface area contributed by atoms with E-state index in [4.69, 9.17) is 9.72 Å². The summed E-state index contributed by atoms with van der Waals surface area (Å²) in [5.41, 5.74) is 2.75. The van der Waals surface area contributed by atoms with E-state index in [0.29, 0.717) is 12.4 Å². The number of aromatic nitrogens is 6. The topological polar surface area (TPSA) is 111 Å². The van der Waals surface area contributed by atoms with Crippen LogP contribution in [0.15, 0.2) is 49.1 Å². The number of hydrogen-bond donors (Lipinski definition) is 1. The SMILES string of the molecule is CCc1cncc(-c2cc3c(cn2)cnn3-c2cccc(N3CCC[C@H](NC(=O)OC(C)(C)C)C3)n2)n1. The second-order valence-electron chi connectivity index (χ2n) is 10.2. The Balaban J connectivity index is 1.38. The highest BCUT2D eigenvalue weighted by Gasteiger charge is 2.25. The lowest BCUT2D eigenvalue weighted by Gasteiger charge is -2.34. The monoisotopic (exact) mass is 500 g/mol. The number of ether oxygens (including phenoxy) is 1. The first-order valence-electron chi connectivity index (χ1n) is 12.7. The van der Waals surface area contributed by atoms with Gasteiger partial charge in [-0.05, 0) is 58.2 Å². The Labute approximate surface area is 216 Å². The lowest BCUT2D eigenvalue weighted by molar-refractivity contribution is 0.0500. The Morgan fingerprint density at radius 3 is 2.76 bits per heavy atom. The molecule has 1 N–H and O–H groups in total. The molecule has 4 aromatic rings. The fraction of sp³-hybridized carbons (Fsp3) is 0.407. The molecule has 0 radical (unpaired) electrons. The van der Waals surface area contributed by atoms with Gasteiger partial charge in [0.1, 0.15) is 17.1 Å². The Bertz CT molecular complexity index is 1410. The quantitative estimate of drug-likeness (QED) is 0.431. The van der Waals surface area contributed by atoms with Gasteiger partial charge in [-0.3, -0.25) is 9.97 Å². The number of nitrogens with one attached hydrogen (secondary N) is 1. The number of pyridine rings is 2. The molecule has 5 rings (SSSR count). The van der Waals surface area contributed by atoms with Crippen molar-refractivity contribution in [2.24, 2.45) is 0 Å². The maximum Gasteiger partial charge on any atom is 0.407 e. The molecule has 0 aliphatic carbocycles. The predicted octanol–water partition coefficient (Wildman–Crippen LogP) is 4.33. The van der Waals surface area contributed by atoms with Crippen LogP contribution in [0.1, 0.15) is 46.2 Å². The van der Waals surface area contributed by atoms with E-state index in [1.54, 1.807) is 24.8 Å². The zero-order chi connectivity index (χ0) is 26.0. The van der Waals surface area contributed by atoms with Gasteiger partial charge in [0.2, 0.25) is 0 Å². The minimum Gasteiger partial charge on any atom is -0.444 e. The van der Waals surface area contributed by atoms with Gasteiger partial charge < -0.3 is 15.0 Å². The molecule has 192 valence electrons. The summed E-state index contributed by atoms with van der Waals surface area (Å²) in [4.78, 5) is 32.9. The number of carbonyl (C=O) groups is 1. The Hall–Kier alpha value is -4.08. The number of hydrogen-bond acceptors (Lipinski definition) is 8. The van der Waals surface area contributed by atoms with Crippen molar-refractivity contribution in [1.82, 2.24) is 35.0 Å². The second kappa shape index (κ2) is 10.1. The standard InChI is InChI=1S/C27H32N8O2/c1-5-19-15-28-16-22(31-19)21-12-23-18(13-29-21)14-30-35(23)25-10-6-9-24(33-25)34-11-7-8-20(17-34)32-26(36)37-27(2,3)4/h6,9-10,12-16,20H,5,7-8,11,17H2,1-4H3,(H,32,36)/t20-/m0/s1. The van der Waals surface area contributed by atoms with Crippen LogP contribution in [0.3, 0.4) is 0 Å². The number of amides is 1. The number of alkyl carbamates (subject to hydrolysis) is 1. The first kappa shape index (κ1) is 24.6. The number of piperidine rings is 1. The lowest BCUT2D eigenvalue weighted by Crippen LogP contribution is -2.49. The van der Waals surface area contributed by atoms with Gasteiger partial charge in [-0.1, -0.05) is 13.0 Å². The average Bonchev–Trinajstić information content (AvgIpc) is 3.31. The molecule has 4 aromatic heterocycles. The highest BCUT2D eigenvalue weighted by Crippen LogP contribution is 2.24. The summed E-state index contributed by atoms with van der Waals surface area (Å²) >= 11 is 0. The first-order valence-corrected chi connectivity index (χ1v) is 12.7. The maximum atomic E-state index is 12.3. The summed E-state index contributed by atoms with van der Waals surface area (Å²) in [6, 6.07) is 7.88. The van der Waals surface area contributed by atoms with Gasteiger partial charge in [-0.15, -0.1) is 0 Å². The molecule has 0 saturated carbocycles. The zero-order valence-corrected chi connectivity index (χ0v) is 21.7. The maximum absolute atomic E-state index is 12.3. The molecule has 1 fully saturated rings. The zero-order valence-electron chi connectivity index (χ0n) is 21.7. The largest absolute Gasteiger partial charge is 0.444 e. The van der Waals surface area contributed by atoms with Crippen LogP contribution in [0, 0.1) is 0 Å². The molecule has 1 saturated heterocycles. The Kier molecular flexibility index (Phi) is 6.73. The molecule has 1 aliphatic heterocycles. The summed E-state index contributed by atoms with van der Waals surface area (Å²) in [5.74, 6) is 1.55. The van der Waals surface area contributed by atoms with E-state index in [2.05, 4.69) is 37.2 Å². The molecular weight excluding hydrogens is 468 g/mol. The van der Waals surface area contributed by atoms with E-state index in [9.17, 15) is 4.79 Å². The van der Waals surface area contributed by atoms with Crippen LogP contribution in [0.2, 0.25) is 0 Å². The van der Waals surface area contributed by atoms with Crippen molar-refractivity contribution in [3.05, 3.63) is 54.7 Å². The molecule has 0 unspecified atom stereocenters. The minimum atomic E-state index is -0.526. The van der Waals surface area contributed by atoms with Crippen LogP contribution < -0.4 is 10.2 Å². The fourth-order valence-corrected chi connectivity index (χ4v) is 4.43. The number of anilines is 1. The van der Waals surface area contributed by atoms with Crippen LogP contribution in [-0.2, 0) is 11.2 Å². The fourth-order valence-electron chi connectivity index (χ4n) is 4.43. The Morgan fingerprint density at radius 1 is 1.11 bits per heavy atom. The van der Waals surface area contributed by atoms with Crippen molar-refractivity contribution in [3.8, 4) is 17.2 Å². The minimum absolute atomic E-state index is 0.00628. The predicted molar refractivity (Wildman–Crippen MR) is 142 cm³/mol. The van der Waals surface area contributed by atoms with E-state index in [1.807, 2.05) is 49.7 Å². The highest BCUT2D eigenvalue weighted by molar-refractivity contribution is 5.82. The highest BCUT2D eigenvalue weighted by atomic mass is 16.6. The van der Waals surface area contributed by atoms with Crippen LogP contribution in [0.25, 0.3) is 28.1 Å². The smallest absolute Gasteiger partial charge is 0.407 e. The van der Waals surface area contributed by atoms with Crippen LogP contribution in [0.4, 0.5) is 10.6 Å². The Morgan fingerprint density at radius 2 is 1.95 bits per heavy atom. The van der Waals surface area contributed by atoms with Crippen LogP contribution >= 0.6 is 0 Å². The van der Waals surface area contributed by atoms with Crippen LogP contribution in [0.5, 0.6) is 0 Å². The van der Waals surface area contributed by atoms with Gasteiger partial charge in [-0.25, -0.2) is 19.4 Å². The third kappa shape index (κ3) is 5.68. The lowest BCUT2D eigenvalue weighted by atomic mass is 10.1. The van der Waals surface area contributed by atoms with Crippen LogP contribution in [-0.4, -0.2) is 60.5 Å². The number of aryl methyl sites for hydroxylation is 1. The molecular formula is C27H32N8O2. The molecule has 5 heterocycles. The van der Waals surface area contributed by atoms with Crippen molar-refractivity contribution in [1.29, 1.82) is 0 Å². The summed E-state index contributed by atoms with van der Waals surface area (Å²) in [6.45, 7) is 9.17. The van der Waals surface area contributed by atoms with Gasteiger partial charge in [0, 0.05) is 36.9 Å². The van der Waals surface area contributed by atoms with Gasteiger partial charge in [0.15, 0.2) is 5.82 Å². The van der Waals surface area contributed by atoms with Crippen molar-refractivity contribution in [2.45, 2.75) is 58.6 Å². The number of nitrogens with zero attached hydrogens (tertiary/aromatic N) is 7. The summed E-state index contributed by atoms with van der Waals surface area (Å²) in [5, 5.41) is 8.51. The summed E-state index contributed by atoms with van der Waals surface area (Å²) < 4.78 is 7.26. The van der Waals surface area contributed by atoms with Gasteiger partial charge in [0.05, 0.1) is 29.3 Å². The van der Waals surface area contributed by atoms with Gasteiger partial charge in [-0.2, -0.15) is 5.10 Å². The molecule has 1 atom stereocenters. The first-order chi connectivity index (χ1) is 17.8. The van der Waals surface area contributed by atoms with E-state index >= 15 is 0 Å².